The number of hydrogen-bond donors (Lipinski definition) is 0. The Bertz CT molecular complexity index is 571. The van der Waals surface area contributed by atoms with Gasteiger partial charge in [0.2, 0.25) is 0 Å². The smallest absolute Gasteiger partial charge is 0.311 e. The van der Waals surface area contributed by atoms with Crippen LogP contribution in [0.2, 0.25) is 5.02 Å². The molecule has 0 aliphatic heterocycles. The predicted octanol–water partition coefficient (Wildman–Crippen LogP) is 6.02. The number of rotatable bonds is 12. The van der Waals surface area contributed by atoms with Crippen LogP contribution in [-0.4, -0.2) is 18.0 Å². The van der Waals surface area contributed by atoms with Crippen molar-refractivity contribution < 1.29 is 19.1 Å². The average molecular weight is 383 g/mol. The molecule has 1 aromatic rings. The molecule has 4 nitrogen and oxygen atoms in total. The van der Waals surface area contributed by atoms with Crippen LogP contribution in [0.25, 0.3) is 0 Å². The van der Waals surface area contributed by atoms with Gasteiger partial charge >= 0.3 is 11.9 Å². The lowest BCUT2D eigenvalue weighted by molar-refractivity contribution is -0.151. The van der Waals surface area contributed by atoms with Crippen LogP contribution in [0.3, 0.4) is 0 Å². The van der Waals surface area contributed by atoms with Gasteiger partial charge in [0, 0.05) is 5.02 Å². The first-order valence-electron chi connectivity index (χ1n) is 9.58. The van der Waals surface area contributed by atoms with E-state index in [1.165, 1.54) is 32.1 Å². The van der Waals surface area contributed by atoms with Crippen molar-refractivity contribution in [2.75, 3.05) is 0 Å². The first-order valence-corrected chi connectivity index (χ1v) is 9.96. The Labute approximate surface area is 162 Å². The summed E-state index contributed by atoms with van der Waals surface area (Å²) in [7, 11) is 0. The van der Waals surface area contributed by atoms with E-state index in [2.05, 4.69) is 6.92 Å². The van der Waals surface area contributed by atoms with Crippen molar-refractivity contribution >= 4 is 23.5 Å². The van der Waals surface area contributed by atoms with Crippen LogP contribution in [0.15, 0.2) is 18.2 Å². The first kappa shape index (κ1) is 22.5. The molecule has 0 amide bonds. The topological polar surface area (TPSA) is 52.6 Å². The maximum absolute atomic E-state index is 11.8. The van der Waals surface area contributed by atoms with Crippen LogP contribution in [0.4, 0.5) is 0 Å². The van der Waals surface area contributed by atoms with Crippen molar-refractivity contribution in [1.29, 1.82) is 0 Å². The molecule has 26 heavy (non-hydrogen) atoms. The SMILES string of the molecule is CCCCCCCCC(C)OC(=O)CCC(=O)Oc1ccc(Cl)c(C)c1. The molecule has 0 saturated heterocycles. The van der Waals surface area contributed by atoms with E-state index in [0.29, 0.717) is 10.8 Å². The number of hydrogen-bond acceptors (Lipinski definition) is 4. The normalized spacial score (nSPS) is 11.8. The van der Waals surface area contributed by atoms with Crippen molar-refractivity contribution in [3.05, 3.63) is 28.8 Å². The van der Waals surface area contributed by atoms with Crippen LogP contribution < -0.4 is 4.74 Å². The van der Waals surface area contributed by atoms with Gasteiger partial charge in [0.1, 0.15) is 5.75 Å². The van der Waals surface area contributed by atoms with E-state index in [1.54, 1.807) is 18.2 Å². The number of aryl methyl sites for hydroxylation is 1. The predicted molar refractivity (Wildman–Crippen MR) is 105 cm³/mol. The molecule has 0 heterocycles. The van der Waals surface area contributed by atoms with E-state index in [0.717, 1.165) is 18.4 Å². The molecule has 0 aromatic heterocycles. The molecule has 0 bridgehead atoms. The Balaban J connectivity index is 2.18. The minimum Gasteiger partial charge on any atom is -0.463 e. The van der Waals surface area contributed by atoms with E-state index in [-0.39, 0.29) is 24.9 Å². The van der Waals surface area contributed by atoms with Crippen LogP contribution in [0.5, 0.6) is 5.75 Å². The number of ether oxygens (including phenoxy) is 2. The third-order valence-electron chi connectivity index (χ3n) is 4.19. The molecule has 0 fully saturated rings. The number of unbranched alkanes of at least 4 members (excludes halogenated alkanes) is 5. The fourth-order valence-corrected chi connectivity index (χ4v) is 2.74. The molecule has 1 unspecified atom stereocenters. The highest BCUT2D eigenvalue weighted by Crippen LogP contribution is 2.21. The van der Waals surface area contributed by atoms with E-state index in [4.69, 9.17) is 21.1 Å². The maximum atomic E-state index is 11.8. The summed E-state index contributed by atoms with van der Waals surface area (Å²) in [4.78, 5) is 23.7. The fourth-order valence-electron chi connectivity index (χ4n) is 2.62. The Kier molecular flexibility index (Phi) is 11.0. The highest BCUT2D eigenvalue weighted by atomic mass is 35.5. The molecule has 1 atom stereocenters. The van der Waals surface area contributed by atoms with Gasteiger partial charge in [-0.2, -0.15) is 0 Å². The van der Waals surface area contributed by atoms with Crippen molar-refractivity contribution in [2.45, 2.75) is 84.7 Å². The minimum absolute atomic E-state index is 0.00421. The van der Waals surface area contributed by atoms with E-state index >= 15 is 0 Å². The summed E-state index contributed by atoms with van der Waals surface area (Å²) in [6, 6.07) is 5.01. The molecule has 0 N–H and O–H groups in total. The van der Waals surface area contributed by atoms with Crippen molar-refractivity contribution in [3.63, 3.8) is 0 Å². The zero-order valence-corrected chi connectivity index (χ0v) is 16.9. The largest absolute Gasteiger partial charge is 0.463 e. The second-order valence-corrected chi connectivity index (χ2v) is 7.15. The van der Waals surface area contributed by atoms with Crippen LogP contribution in [0.1, 0.15) is 77.2 Å². The van der Waals surface area contributed by atoms with Crippen LogP contribution in [0, 0.1) is 6.92 Å². The quantitative estimate of drug-likeness (QED) is 0.252. The minimum atomic E-state index is -0.452. The van der Waals surface area contributed by atoms with Gasteiger partial charge in [-0.25, -0.2) is 0 Å². The van der Waals surface area contributed by atoms with E-state index in [9.17, 15) is 9.59 Å². The average Bonchev–Trinajstić information content (AvgIpc) is 2.59. The molecule has 5 heteroatoms. The van der Waals surface area contributed by atoms with Gasteiger partial charge in [-0.15, -0.1) is 0 Å². The molecule has 0 aliphatic rings. The molecule has 0 radical (unpaired) electrons. The Morgan fingerprint density at radius 3 is 2.38 bits per heavy atom. The van der Waals surface area contributed by atoms with Gasteiger partial charge in [0.25, 0.3) is 0 Å². The van der Waals surface area contributed by atoms with Gasteiger partial charge < -0.3 is 9.47 Å². The Morgan fingerprint density at radius 1 is 1.04 bits per heavy atom. The van der Waals surface area contributed by atoms with Gasteiger partial charge in [-0.05, 0) is 50.5 Å². The molecule has 0 aliphatic carbocycles. The third-order valence-corrected chi connectivity index (χ3v) is 4.62. The first-order chi connectivity index (χ1) is 12.4. The zero-order chi connectivity index (χ0) is 19.4. The second kappa shape index (κ2) is 12.7. The Morgan fingerprint density at radius 2 is 1.69 bits per heavy atom. The highest BCUT2D eigenvalue weighted by molar-refractivity contribution is 6.31. The van der Waals surface area contributed by atoms with Gasteiger partial charge in [0.05, 0.1) is 18.9 Å². The number of carbonyl (C=O) groups is 2. The third kappa shape index (κ3) is 9.81. The standard InChI is InChI=1S/C21H31ClO4/c1-4-5-6-7-8-9-10-17(3)25-20(23)13-14-21(24)26-18-11-12-19(22)16(2)15-18/h11-12,15,17H,4-10,13-14H2,1-3H3. The maximum Gasteiger partial charge on any atom is 0.311 e. The zero-order valence-electron chi connectivity index (χ0n) is 16.2. The van der Waals surface area contributed by atoms with E-state index < -0.39 is 5.97 Å². The number of carbonyl (C=O) groups excluding carboxylic acids is 2. The highest BCUT2D eigenvalue weighted by Gasteiger charge is 2.13. The Hall–Kier alpha value is -1.55. The lowest BCUT2D eigenvalue weighted by atomic mass is 10.1. The fraction of sp³-hybridized carbons (Fsp3) is 0.619. The molecule has 146 valence electrons. The number of esters is 2. The summed E-state index contributed by atoms with van der Waals surface area (Å²) in [5.74, 6) is -0.373. The molecule has 1 rings (SSSR count). The summed E-state index contributed by atoms with van der Waals surface area (Å²) in [5, 5.41) is 0.618. The number of benzene rings is 1. The van der Waals surface area contributed by atoms with Gasteiger partial charge in [0.15, 0.2) is 0 Å². The summed E-state index contributed by atoms with van der Waals surface area (Å²) < 4.78 is 10.6. The molecular formula is C21H31ClO4. The second-order valence-electron chi connectivity index (χ2n) is 6.74. The summed E-state index contributed by atoms with van der Waals surface area (Å²) in [6.07, 6.45) is 8.09. The summed E-state index contributed by atoms with van der Waals surface area (Å²) in [5.41, 5.74) is 0.833. The summed E-state index contributed by atoms with van der Waals surface area (Å²) >= 11 is 5.93. The van der Waals surface area contributed by atoms with Crippen molar-refractivity contribution in [2.24, 2.45) is 0 Å². The summed E-state index contributed by atoms with van der Waals surface area (Å²) in [6.45, 7) is 5.94. The van der Waals surface area contributed by atoms with Gasteiger partial charge in [-0.1, -0.05) is 50.6 Å². The monoisotopic (exact) mass is 382 g/mol. The van der Waals surface area contributed by atoms with E-state index in [1.807, 2.05) is 13.8 Å². The molecular weight excluding hydrogens is 352 g/mol. The van der Waals surface area contributed by atoms with Gasteiger partial charge in [-0.3, -0.25) is 9.59 Å². The molecule has 1 aromatic carbocycles. The molecule has 0 spiro atoms. The lowest BCUT2D eigenvalue weighted by Gasteiger charge is -2.13. The van der Waals surface area contributed by atoms with Crippen molar-refractivity contribution in [1.82, 2.24) is 0 Å². The number of halogens is 1. The van der Waals surface area contributed by atoms with Crippen molar-refractivity contribution in [3.8, 4) is 5.75 Å². The van der Waals surface area contributed by atoms with Crippen LogP contribution in [-0.2, 0) is 14.3 Å². The van der Waals surface area contributed by atoms with Crippen LogP contribution >= 0.6 is 11.6 Å². The lowest BCUT2D eigenvalue weighted by Crippen LogP contribution is -2.17. The molecule has 0 saturated carbocycles.